The molecule has 0 aliphatic carbocycles. The van der Waals surface area contributed by atoms with Crippen LogP contribution in [0.25, 0.3) is 0 Å². The molecule has 2 aromatic carbocycles. The Morgan fingerprint density at radius 3 is 2.12 bits per heavy atom. The molecule has 0 radical (unpaired) electrons. The molecule has 0 saturated heterocycles. The van der Waals surface area contributed by atoms with E-state index in [2.05, 4.69) is 4.98 Å². The molecule has 0 N–H and O–H groups in total. The molecule has 0 amide bonds. The number of aromatic nitrogens is 1. The molecule has 0 aliphatic rings. The first-order valence-electron chi connectivity index (χ1n) is 10.3. The third-order valence-electron chi connectivity index (χ3n) is 4.99. The van der Waals surface area contributed by atoms with Crippen LogP contribution >= 0.6 is 0 Å². The monoisotopic (exact) mass is 441 g/mol. The predicted molar refractivity (Wildman–Crippen MR) is 117 cm³/mol. The molecule has 6 heteroatoms. The average molecular weight is 441 g/mol. The summed E-state index contributed by atoms with van der Waals surface area (Å²) in [6.07, 6.45) is -2.74. The molecule has 0 aliphatic heterocycles. The summed E-state index contributed by atoms with van der Waals surface area (Å²) in [5.41, 5.74) is -1.29. The zero-order valence-corrected chi connectivity index (χ0v) is 18.3. The zero-order chi connectivity index (χ0) is 23.4. The summed E-state index contributed by atoms with van der Waals surface area (Å²) in [6.45, 7) is 5.70. The van der Waals surface area contributed by atoms with E-state index < -0.39 is 23.3 Å². The van der Waals surface area contributed by atoms with Gasteiger partial charge < -0.3 is 4.74 Å². The van der Waals surface area contributed by atoms with E-state index in [9.17, 15) is 18.0 Å². The van der Waals surface area contributed by atoms with Crippen LogP contribution in [0.1, 0.15) is 49.6 Å². The summed E-state index contributed by atoms with van der Waals surface area (Å²) in [5.74, 6) is -0.503. The number of esters is 1. The summed E-state index contributed by atoms with van der Waals surface area (Å²) >= 11 is 0. The molecule has 3 aromatic rings. The van der Waals surface area contributed by atoms with Crippen molar-refractivity contribution in [1.29, 1.82) is 0 Å². The van der Waals surface area contributed by atoms with Gasteiger partial charge in [-0.3, -0.25) is 9.78 Å². The van der Waals surface area contributed by atoms with E-state index in [1.807, 2.05) is 51.1 Å². The van der Waals surface area contributed by atoms with Crippen molar-refractivity contribution in [3.63, 3.8) is 0 Å². The minimum Gasteiger partial charge on any atom is -0.447 e. The SMILES string of the molecule is CC(C)(C)CC(=O)OC(Cc1ccccc1)(c1cccc(C(F)(F)F)c1)c1ccccn1. The lowest BCUT2D eigenvalue weighted by Gasteiger charge is -2.35. The first-order chi connectivity index (χ1) is 15.0. The number of carbonyl (C=O) groups excluding carboxylic acids is 1. The maximum atomic E-state index is 13.5. The van der Waals surface area contributed by atoms with E-state index in [4.69, 9.17) is 4.74 Å². The number of ether oxygens (including phenoxy) is 1. The van der Waals surface area contributed by atoms with E-state index in [1.54, 1.807) is 30.5 Å². The Balaban J connectivity index is 2.22. The van der Waals surface area contributed by atoms with Crippen LogP contribution in [0.2, 0.25) is 0 Å². The summed E-state index contributed by atoms with van der Waals surface area (Å²) in [5, 5.41) is 0. The fraction of sp³-hybridized carbons (Fsp3) is 0.308. The normalized spacial score (nSPS) is 13.9. The Kier molecular flexibility index (Phi) is 6.72. The van der Waals surface area contributed by atoms with Gasteiger partial charge in [0.05, 0.1) is 17.7 Å². The highest BCUT2D eigenvalue weighted by Crippen LogP contribution is 2.40. The number of hydrogen-bond donors (Lipinski definition) is 0. The second-order valence-electron chi connectivity index (χ2n) is 8.99. The Morgan fingerprint density at radius 1 is 0.875 bits per heavy atom. The molecule has 1 aromatic heterocycles. The predicted octanol–water partition coefficient (Wildman–Crippen LogP) is 6.57. The van der Waals surface area contributed by atoms with Crippen molar-refractivity contribution >= 4 is 5.97 Å². The van der Waals surface area contributed by atoms with Gasteiger partial charge in [0.25, 0.3) is 0 Å². The van der Waals surface area contributed by atoms with Crippen molar-refractivity contribution in [1.82, 2.24) is 4.98 Å². The zero-order valence-electron chi connectivity index (χ0n) is 18.3. The molecule has 0 bridgehead atoms. The van der Waals surface area contributed by atoms with Gasteiger partial charge in [0.1, 0.15) is 0 Å². The van der Waals surface area contributed by atoms with Gasteiger partial charge in [-0.25, -0.2) is 0 Å². The smallest absolute Gasteiger partial charge is 0.416 e. The molecule has 3 rings (SSSR count). The van der Waals surface area contributed by atoms with Gasteiger partial charge in [-0.2, -0.15) is 13.2 Å². The minimum atomic E-state index is -4.53. The molecule has 1 heterocycles. The first-order valence-corrected chi connectivity index (χ1v) is 10.3. The van der Waals surface area contributed by atoms with Gasteiger partial charge in [-0.15, -0.1) is 0 Å². The topological polar surface area (TPSA) is 39.2 Å². The molecule has 1 unspecified atom stereocenters. The van der Waals surface area contributed by atoms with E-state index in [1.165, 1.54) is 6.07 Å². The summed E-state index contributed by atoms with van der Waals surface area (Å²) < 4.78 is 46.7. The van der Waals surface area contributed by atoms with Crippen molar-refractivity contribution in [2.75, 3.05) is 0 Å². The number of alkyl halides is 3. The fourth-order valence-electron chi connectivity index (χ4n) is 3.58. The minimum absolute atomic E-state index is 0.106. The van der Waals surface area contributed by atoms with Crippen LogP contribution < -0.4 is 0 Å². The first kappa shape index (κ1) is 23.5. The number of benzene rings is 2. The molecule has 0 spiro atoms. The molecule has 0 fully saturated rings. The van der Waals surface area contributed by atoms with Crippen LogP contribution in [0.5, 0.6) is 0 Å². The maximum Gasteiger partial charge on any atom is 0.416 e. The standard InChI is InChI=1S/C26H26F3NO2/c1-24(2,3)18-23(31)32-25(22-14-7-8-15-30-22,17-19-10-5-4-6-11-19)20-12-9-13-21(16-20)26(27,28)29/h4-16H,17-18H2,1-3H3. The van der Waals surface area contributed by atoms with Crippen molar-refractivity contribution in [2.45, 2.75) is 45.4 Å². The van der Waals surface area contributed by atoms with Crippen LogP contribution in [-0.2, 0) is 27.7 Å². The summed E-state index contributed by atoms with van der Waals surface area (Å²) in [6, 6.07) is 19.3. The van der Waals surface area contributed by atoms with Crippen LogP contribution in [0, 0.1) is 5.41 Å². The molecular weight excluding hydrogens is 415 g/mol. The third kappa shape index (κ3) is 5.75. The summed E-state index contributed by atoms with van der Waals surface area (Å²) in [7, 11) is 0. The van der Waals surface area contributed by atoms with Crippen molar-refractivity contribution < 1.29 is 22.7 Å². The van der Waals surface area contributed by atoms with Gasteiger partial charge in [-0.1, -0.05) is 69.3 Å². The lowest BCUT2D eigenvalue weighted by Crippen LogP contribution is -2.38. The fourth-order valence-corrected chi connectivity index (χ4v) is 3.58. The van der Waals surface area contributed by atoms with E-state index >= 15 is 0 Å². The maximum absolute atomic E-state index is 13.5. The largest absolute Gasteiger partial charge is 0.447 e. The van der Waals surface area contributed by atoms with Gasteiger partial charge in [0.15, 0.2) is 5.60 Å². The quantitative estimate of drug-likeness (QED) is 0.406. The van der Waals surface area contributed by atoms with Crippen LogP contribution in [0.4, 0.5) is 13.2 Å². The second kappa shape index (κ2) is 9.15. The Labute approximate surface area is 186 Å². The van der Waals surface area contributed by atoms with Gasteiger partial charge in [-0.05, 0) is 35.2 Å². The van der Waals surface area contributed by atoms with Gasteiger partial charge >= 0.3 is 12.1 Å². The molecule has 1 atom stereocenters. The molecule has 168 valence electrons. The highest BCUT2D eigenvalue weighted by atomic mass is 19.4. The Bertz CT molecular complexity index is 1040. The highest BCUT2D eigenvalue weighted by Gasteiger charge is 2.42. The number of nitrogens with zero attached hydrogens (tertiary/aromatic N) is 1. The van der Waals surface area contributed by atoms with Gasteiger partial charge in [0, 0.05) is 18.2 Å². The Morgan fingerprint density at radius 2 is 1.53 bits per heavy atom. The van der Waals surface area contributed by atoms with Gasteiger partial charge in [0.2, 0.25) is 0 Å². The third-order valence-corrected chi connectivity index (χ3v) is 4.99. The van der Waals surface area contributed by atoms with Crippen molar-refractivity contribution in [2.24, 2.45) is 5.41 Å². The summed E-state index contributed by atoms with van der Waals surface area (Å²) in [4.78, 5) is 17.4. The highest BCUT2D eigenvalue weighted by molar-refractivity contribution is 5.71. The molecule has 0 saturated carbocycles. The molecular formula is C26H26F3NO2. The number of halogens is 3. The van der Waals surface area contributed by atoms with Crippen molar-refractivity contribution in [3.05, 3.63) is 101 Å². The van der Waals surface area contributed by atoms with Crippen molar-refractivity contribution in [3.8, 4) is 0 Å². The van der Waals surface area contributed by atoms with E-state index in [0.717, 1.165) is 17.7 Å². The van der Waals surface area contributed by atoms with E-state index in [-0.39, 0.29) is 23.8 Å². The number of pyridine rings is 1. The van der Waals surface area contributed by atoms with Crippen LogP contribution in [0.3, 0.4) is 0 Å². The molecule has 32 heavy (non-hydrogen) atoms. The Hall–Kier alpha value is -3.15. The lowest BCUT2D eigenvalue weighted by atomic mass is 9.82. The lowest BCUT2D eigenvalue weighted by molar-refractivity contribution is -0.159. The second-order valence-corrected chi connectivity index (χ2v) is 8.99. The van der Waals surface area contributed by atoms with Crippen LogP contribution in [-0.4, -0.2) is 11.0 Å². The average Bonchev–Trinajstić information content (AvgIpc) is 2.73. The number of rotatable bonds is 6. The number of carbonyl (C=O) groups is 1. The number of hydrogen-bond acceptors (Lipinski definition) is 3. The van der Waals surface area contributed by atoms with E-state index in [0.29, 0.717) is 5.69 Å². The van der Waals surface area contributed by atoms with Crippen LogP contribution in [0.15, 0.2) is 79.0 Å². The molecule has 3 nitrogen and oxygen atoms in total.